The molecule has 0 saturated carbocycles. The fourth-order valence-corrected chi connectivity index (χ4v) is 1.12. The van der Waals surface area contributed by atoms with E-state index in [1.807, 2.05) is 0 Å². The summed E-state index contributed by atoms with van der Waals surface area (Å²) >= 11 is 15.5. The van der Waals surface area contributed by atoms with Gasteiger partial charge in [0.2, 0.25) is 0 Å². The van der Waals surface area contributed by atoms with Gasteiger partial charge in [-0.2, -0.15) is 0 Å². The Hall–Kier alpha value is -0.440. The van der Waals surface area contributed by atoms with Crippen molar-refractivity contribution >= 4 is 45.0 Å². The van der Waals surface area contributed by atoms with Gasteiger partial charge in [-0.05, 0) is 23.7 Å². The molecule has 0 radical (unpaired) electrons. The molecule has 1 aromatic carbocycles. The largest absolute Gasteiger partial charge is 0.276 e. The molecule has 0 saturated heterocycles. The van der Waals surface area contributed by atoms with Crippen LogP contribution in [0.5, 0.6) is 0 Å². The molecular weight excluding hydrogens is 215 g/mol. The van der Waals surface area contributed by atoms with E-state index < -0.39 is 5.24 Å². The van der Waals surface area contributed by atoms with E-state index in [-0.39, 0.29) is 4.32 Å². The van der Waals surface area contributed by atoms with Gasteiger partial charge in [-0.25, -0.2) is 0 Å². The highest BCUT2D eigenvalue weighted by atomic mass is 35.5. The lowest BCUT2D eigenvalue weighted by atomic mass is 10.2. The number of halogens is 2. The molecule has 0 fully saturated rings. The Morgan fingerprint density at radius 3 is 1.83 bits per heavy atom. The van der Waals surface area contributed by atoms with Crippen LogP contribution >= 0.6 is 35.4 Å². The first kappa shape index (κ1) is 9.65. The lowest BCUT2D eigenvalue weighted by Gasteiger charge is -1.96. The van der Waals surface area contributed by atoms with Gasteiger partial charge >= 0.3 is 0 Å². The Morgan fingerprint density at radius 2 is 1.50 bits per heavy atom. The number of thiocarbonyl (C=S) groups is 1. The molecule has 12 heavy (non-hydrogen) atoms. The first-order chi connectivity index (χ1) is 5.61. The third kappa shape index (κ3) is 2.27. The summed E-state index contributed by atoms with van der Waals surface area (Å²) in [7, 11) is 0. The SMILES string of the molecule is O=C(Cl)c1ccc(C(=S)Cl)cc1. The summed E-state index contributed by atoms with van der Waals surface area (Å²) in [5.74, 6) is 0. The zero-order valence-corrected chi connectivity index (χ0v) is 8.21. The molecule has 4 heteroatoms. The summed E-state index contributed by atoms with van der Waals surface area (Å²) in [5, 5.41) is -0.484. The molecule has 0 atom stereocenters. The highest BCUT2D eigenvalue weighted by Gasteiger charge is 2.01. The molecule has 1 rings (SSSR count). The molecule has 0 bridgehead atoms. The molecule has 0 heterocycles. The number of rotatable bonds is 2. The van der Waals surface area contributed by atoms with E-state index in [0.717, 1.165) is 0 Å². The van der Waals surface area contributed by atoms with Crippen LogP contribution in [0.15, 0.2) is 24.3 Å². The van der Waals surface area contributed by atoms with E-state index >= 15 is 0 Å². The standard InChI is InChI=1S/C8H4Cl2OS/c9-7(11)5-1-3-6(4-2-5)8(10)12/h1-4H. The van der Waals surface area contributed by atoms with E-state index in [2.05, 4.69) is 0 Å². The van der Waals surface area contributed by atoms with Crippen LogP contribution in [0.1, 0.15) is 15.9 Å². The number of hydrogen-bond donors (Lipinski definition) is 0. The van der Waals surface area contributed by atoms with Crippen molar-refractivity contribution < 1.29 is 4.79 Å². The minimum atomic E-state index is -0.484. The van der Waals surface area contributed by atoms with Crippen molar-refractivity contribution in [3.05, 3.63) is 35.4 Å². The van der Waals surface area contributed by atoms with Gasteiger partial charge in [0.25, 0.3) is 5.24 Å². The molecule has 1 nitrogen and oxygen atoms in total. The molecule has 0 aromatic heterocycles. The normalized spacial score (nSPS) is 9.50. The zero-order chi connectivity index (χ0) is 9.14. The molecule has 0 unspecified atom stereocenters. The van der Waals surface area contributed by atoms with Crippen LogP contribution in [-0.4, -0.2) is 9.57 Å². The predicted octanol–water partition coefficient (Wildman–Crippen LogP) is 2.98. The second-order valence-corrected chi connectivity index (χ2v) is 3.48. The van der Waals surface area contributed by atoms with Crippen LogP contribution in [0.4, 0.5) is 0 Å². The second kappa shape index (κ2) is 3.99. The van der Waals surface area contributed by atoms with Crippen molar-refractivity contribution in [3.63, 3.8) is 0 Å². The van der Waals surface area contributed by atoms with Crippen molar-refractivity contribution in [2.45, 2.75) is 0 Å². The van der Waals surface area contributed by atoms with Gasteiger partial charge in [0.1, 0.15) is 4.32 Å². The molecule has 0 aliphatic heterocycles. The van der Waals surface area contributed by atoms with Crippen LogP contribution in [-0.2, 0) is 0 Å². The van der Waals surface area contributed by atoms with Crippen molar-refractivity contribution in [2.75, 3.05) is 0 Å². The van der Waals surface area contributed by atoms with E-state index in [4.69, 9.17) is 35.4 Å². The van der Waals surface area contributed by atoms with Gasteiger partial charge < -0.3 is 0 Å². The average molecular weight is 219 g/mol. The summed E-state index contributed by atoms with van der Waals surface area (Å²) < 4.78 is 0.281. The van der Waals surface area contributed by atoms with Gasteiger partial charge in [-0.15, -0.1) is 0 Å². The summed E-state index contributed by atoms with van der Waals surface area (Å²) in [4.78, 5) is 10.6. The van der Waals surface area contributed by atoms with Crippen LogP contribution < -0.4 is 0 Å². The van der Waals surface area contributed by atoms with Crippen molar-refractivity contribution in [1.82, 2.24) is 0 Å². The fourth-order valence-electron chi connectivity index (χ4n) is 0.732. The third-order valence-corrected chi connectivity index (χ3v) is 2.01. The monoisotopic (exact) mass is 218 g/mol. The molecule has 62 valence electrons. The summed E-state index contributed by atoms with van der Waals surface area (Å²) in [5.41, 5.74) is 1.15. The zero-order valence-electron chi connectivity index (χ0n) is 5.88. The topological polar surface area (TPSA) is 17.1 Å². The fraction of sp³-hybridized carbons (Fsp3) is 0. The molecule has 0 N–H and O–H groups in total. The van der Waals surface area contributed by atoms with Gasteiger partial charge in [0, 0.05) is 11.1 Å². The van der Waals surface area contributed by atoms with E-state index in [1.165, 1.54) is 0 Å². The summed E-state index contributed by atoms with van der Waals surface area (Å²) in [6, 6.07) is 6.48. The Balaban J connectivity index is 3.01. The van der Waals surface area contributed by atoms with Gasteiger partial charge in [-0.3, -0.25) is 4.79 Å². The van der Waals surface area contributed by atoms with Gasteiger partial charge in [0.15, 0.2) is 0 Å². The average Bonchev–Trinajstić information content (AvgIpc) is 2.04. The minimum absolute atomic E-state index is 0.281. The quantitative estimate of drug-likeness (QED) is 0.561. The third-order valence-electron chi connectivity index (χ3n) is 1.34. The smallest absolute Gasteiger partial charge is 0.252 e. The second-order valence-electron chi connectivity index (χ2n) is 2.12. The van der Waals surface area contributed by atoms with Gasteiger partial charge in [-0.1, -0.05) is 36.0 Å². The first-order valence-electron chi connectivity index (χ1n) is 3.11. The molecular formula is C8H4Cl2OS. The van der Waals surface area contributed by atoms with Crippen LogP contribution in [0, 0.1) is 0 Å². The Kier molecular flexibility index (Phi) is 3.20. The lowest BCUT2D eigenvalue weighted by molar-refractivity contribution is 0.108. The maximum Gasteiger partial charge on any atom is 0.252 e. The van der Waals surface area contributed by atoms with E-state index in [9.17, 15) is 4.79 Å². The Morgan fingerprint density at radius 1 is 1.08 bits per heavy atom. The van der Waals surface area contributed by atoms with Crippen LogP contribution in [0.3, 0.4) is 0 Å². The number of carbonyl (C=O) groups is 1. The highest BCUT2D eigenvalue weighted by Crippen LogP contribution is 2.09. The number of carbonyl (C=O) groups excluding carboxylic acids is 1. The molecule has 0 spiro atoms. The maximum atomic E-state index is 10.6. The number of benzene rings is 1. The highest BCUT2D eigenvalue weighted by molar-refractivity contribution is 7.83. The molecule has 0 aliphatic rings. The molecule has 0 amide bonds. The predicted molar refractivity (Wildman–Crippen MR) is 54.2 cm³/mol. The van der Waals surface area contributed by atoms with E-state index in [1.54, 1.807) is 24.3 Å². The van der Waals surface area contributed by atoms with Crippen molar-refractivity contribution in [2.24, 2.45) is 0 Å². The lowest BCUT2D eigenvalue weighted by Crippen LogP contribution is -1.91. The van der Waals surface area contributed by atoms with Crippen molar-refractivity contribution in [3.8, 4) is 0 Å². The minimum Gasteiger partial charge on any atom is -0.276 e. The molecule has 0 aliphatic carbocycles. The van der Waals surface area contributed by atoms with E-state index in [0.29, 0.717) is 11.1 Å². The molecule has 1 aromatic rings. The summed E-state index contributed by atoms with van der Waals surface area (Å²) in [6.45, 7) is 0. The first-order valence-corrected chi connectivity index (χ1v) is 4.27. The van der Waals surface area contributed by atoms with Crippen molar-refractivity contribution in [1.29, 1.82) is 0 Å². The Bertz CT molecular complexity index is 285. The van der Waals surface area contributed by atoms with Crippen LogP contribution in [0.2, 0.25) is 0 Å². The van der Waals surface area contributed by atoms with Crippen LogP contribution in [0.25, 0.3) is 0 Å². The Labute approximate surface area is 85.3 Å². The maximum absolute atomic E-state index is 10.6. The summed E-state index contributed by atoms with van der Waals surface area (Å²) in [6.07, 6.45) is 0. The van der Waals surface area contributed by atoms with Gasteiger partial charge in [0.05, 0.1) is 0 Å². The number of hydrogen-bond acceptors (Lipinski definition) is 2.